The number of hydrogen-bond donors (Lipinski definition) is 0. The van der Waals surface area contributed by atoms with Crippen LogP contribution in [0.4, 0.5) is 4.79 Å². The van der Waals surface area contributed by atoms with E-state index < -0.39 is 6.16 Å². The van der Waals surface area contributed by atoms with Crippen molar-refractivity contribution in [3.8, 4) is 0 Å². The Balaban J connectivity index is 1.95. The van der Waals surface area contributed by atoms with Crippen LogP contribution < -0.4 is 19.1 Å². The molecule has 0 atom stereocenters. The minimum absolute atomic E-state index is 0.813. The van der Waals surface area contributed by atoms with Crippen molar-refractivity contribution in [3.63, 3.8) is 0 Å². The molecule has 80 valence electrons. The average Bonchev–Trinajstić information content (AvgIpc) is 2.31. The Kier molecular flexibility index (Phi) is 3.08. The Bertz CT molecular complexity index is 416. The molecule has 2 rings (SSSR count). The second-order valence-electron chi connectivity index (χ2n) is 2.90. The molecule has 0 saturated carbocycles. The van der Waals surface area contributed by atoms with Crippen LogP contribution in [0.3, 0.4) is 0 Å². The van der Waals surface area contributed by atoms with Crippen molar-refractivity contribution in [1.82, 2.24) is 0 Å². The Morgan fingerprint density at radius 3 is 1.44 bits per heavy atom. The van der Waals surface area contributed by atoms with Crippen molar-refractivity contribution < 1.29 is 23.9 Å². The first kappa shape index (κ1) is 10.1. The van der Waals surface area contributed by atoms with Gasteiger partial charge < -0.3 is 0 Å². The standard InChI is InChI=1S/C11H10N2O3/c14-11(15-12-7-3-1-4-8-12)16-13-9-5-2-6-10-13/h1-10H/q+2. The predicted octanol–water partition coefficient (Wildman–Crippen LogP) is -0.0610. The second-order valence-corrected chi connectivity index (χ2v) is 2.90. The molecule has 0 aliphatic carbocycles. The third-order valence-corrected chi connectivity index (χ3v) is 1.74. The van der Waals surface area contributed by atoms with E-state index in [0.29, 0.717) is 0 Å². The van der Waals surface area contributed by atoms with E-state index in [1.54, 1.807) is 49.1 Å². The number of pyridine rings is 2. The van der Waals surface area contributed by atoms with Gasteiger partial charge in [-0.15, -0.1) is 9.68 Å². The average molecular weight is 218 g/mol. The second kappa shape index (κ2) is 4.88. The molecule has 0 aromatic carbocycles. The Hall–Kier alpha value is -2.43. The van der Waals surface area contributed by atoms with Crippen LogP contribution in [-0.2, 0) is 0 Å². The largest absolute Gasteiger partial charge is 0.632 e. The lowest BCUT2D eigenvalue weighted by Crippen LogP contribution is -2.54. The molecule has 0 N–H and O–H groups in total. The van der Waals surface area contributed by atoms with E-state index in [0.717, 1.165) is 0 Å². The number of aromatic nitrogens is 2. The smallest absolute Gasteiger partial charge is 0.194 e. The molecule has 5 heteroatoms. The fraction of sp³-hybridized carbons (Fsp3) is 0. The quantitative estimate of drug-likeness (QED) is 0.663. The minimum Gasteiger partial charge on any atom is -0.194 e. The minimum atomic E-state index is -0.813. The highest BCUT2D eigenvalue weighted by atomic mass is 16.9. The Labute approximate surface area is 92.0 Å². The van der Waals surface area contributed by atoms with Crippen LogP contribution in [0.15, 0.2) is 61.2 Å². The molecule has 5 nitrogen and oxygen atoms in total. The van der Waals surface area contributed by atoms with Crippen molar-refractivity contribution in [2.24, 2.45) is 0 Å². The summed E-state index contributed by atoms with van der Waals surface area (Å²) in [4.78, 5) is 21.0. The topological polar surface area (TPSA) is 43.3 Å². The van der Waals surface area contributed by atoms with Crippen molar-refractivity contribution >= 4 is 6.16 Å². The van der Waals surface area contributed by atoms with Crippen molar-refractivity contribution in [2.75, 3.05) is 0 Å². The zero-order chi connectivity index (χ0) is 11.2. The van der Waals surface area contributed by atoms with E-state index in [2.05, 4.69) is 0 Å². The summed E-state index contributed by atoms with van der Waals surface area (Å²) < 4.78 is 2.51. The van der Waals surface area contributed by atoms with E-state index >= 15 is 0 Å². The summed E-state index contributed by atoms with van der Waals surface area (Å²) in [6.45, 7) is 0. The highest BCUT2D eigenvalue weighted by Gasteiger charge is 2.17. The maximum absolute atomic E-state index is 11.3. The first-order valence-electron chi connectivity index (χ1n) is 4.68. The van der Waals surface area contributed by atoms with Gasteiger partial charge in [0, 0.05) is 33.7 Å². The molecule has 0 aliphatic rings. The van der Waals surface area contributed by atoms with Crippen molar-refractivity contribution in [2.45, 2.75) is 0 Å². The molecule has 2 aromatic rings. The Morgan fingerprint density at radius 2 is 1.06 bits per heavy atom. The number of carbonyl (C=O) groups is 1. The van der Waals surface area contributed by atoms with Gasteiger partial charge in [-0.1, -0.05) is 12.1 Å². The molecule has 0 aliphatic heterocycles. The summed E-state index contributed by atoms with van der Waals surface area (Å²) in [5.41, 5.74) is 0. The first-order chi connectivity index (χ1) is 7.84. The van der Waals surface area contributed by atoms with E-state index in [9.17, 15) is 4.79 Å². The van der Waals surface area contributed by atoms with E-state index in [1.807, 2.05) is 12.1 Å². The molecule has 0 unspecified atom stereocenters. The van der Waals surface area contributed by atoms with Gasteiger partial charge in [0.15, 0.2) is 0 Å². The highest BCUT2D eigenvalue weighted by Crippen LogP contribution is 1.77. The summed E-state index contributed by atoms with van der Waals surface area (Å²) >= 11 is 0. The molecule has 0 amide bonds. The summed E-state index contributed by atoms with van der Waals surface area (Å²) in [6.07, 6.45) is 5.56. The molecule has 2 heterocycles. The van der Waals surface area contributed by atoms with Crippen molar-refractivity contribution in [3.05, 3.63) is 61.2 Å². The number of nitrogens with zero attached hydrogens (tertiary/aromatic N) is 2. The maximum Gasteiger partial charge on any atom is 0.632 e. The lowest BCUT2D eigenvalue weighted by molar-refractivity contribution is -0.905. The summed E-state index contributed by atoms with van der Waals surface area (Å²) in [5.74, 6) is 0. The summed E-state index contributed by atoms with van der Waals surface area (Å²) in [5, 5.41) is 0. The molecule has 0 saturated heterocycles. The normalized spacial score (nSPS) is 9.50. The van der Waals surface area contributed by atoms with Gasteiger partial charge in [0.2, 0.25) is 24.8 Å². The van der Waals surface area contributed by atoms with Gasteiger partial charge in [0.1, 0.15) is 0 Å². The fourth-order valence-corrected chi connectivity index (χ4v) is 1.08. The fourth-order valence-electron chi connectivity index (χ4n) is 1.08. The van der Waals surface area contributed by atoms with E-state index in [-0.39, 0.29) is 0 Å². The van der Waals surface area contributed by atoms with E-state index in [1.165, 1.54) is 9.46 Å². The van der Waals surface area contributed by atoms with Crippen molar-refractivity contribution in [1.29, 1.82) is 0 Å². The number of hydrogen-bond acceptors (Lipinski definition) is 3. The van der Waals surface area contributed by atoms with Gasteiger partial charge in [-0.25, -0.2) is 0 Å². The van der Waals surface area contributed by atoms with Gasteiger partial charge >= 0.3 is 6.16 Å². The first-order valence-corrected chi connectivity index (χ1v) is 4.68. The third kappa shape index (κ3) is 2.78. The number of carbonyl (C=O) groups excluding carboxylic acids is 1. The van der Waals surface area contributed by atoms with Crippen LogP contribution >= 0.6 is 0 Å². The third-order valence-electron chi connectivity index (χ3n) is 1.74. The molecular weight excluding hydrogens is 208 g/mol. The lowest BCUT2D eigenvalue weighted by atomic mass is 10.5. The molecule has 2 aromatic heterocycles. The molecule has 0 spiro atoms. The molecule has 0 bridgehead atoms. The summed E-state index contributed by atoms with van der Waals surface area (Å²) in [7, 11) is 0. The molecular formula is C11H10N2O3+2. The lowest BCUT2D eigenvalue weighted by Gasteiger charge is -1.92. The zero-order valence-electron chi connectivity index (χ0n) is 8.39. The van der Waals surface area contributed by atoms with Crippen LogP contribution in [0.2, 0.25) is 0 Å². The Morgan fingerprint density at radius 1 is 0.688 bits per heavy atom. The van der Waals surface area contributed by atoms with Gasteiger partial charge in [0.25, 0.3) is 0 Å². The molecule has 16 heavy (non-hydrogen) atoms. The van der Waals surface area contributed by atoms with Crippen LogP contribution in [-0.4, -0.2) is 6.16 Å². The molecule has 0 radical (unpaired) electrons. The highest BCUT2D eigenvalue weighted by molar-refractivity contribution is 5.58. The van der Waals surface area contributed by atoms with Crippen LogP contribution in [0.25, 0.3) is 0 Å². The maximum atomic E-state index is 11.3. The van der Waals surface area contributed by atoms with Crippen LogP contribution in [0, 0.1) is 0 Å². The zero-order valence-corrected chi connectivity index (χ0v) is 8.39. The van der Waals surface area contributed by atoms with Gasteiger partial charge in [-0.05, 0) is 0 Å². The SMILES string of the molecule is O=C(O[n+]1ccccc1)O[n+]1ccccc1. The van der Waals surface area contributed by atoms with Gasteiger partial charge in [-0.2, -0.15) is 4.79 Å². The van der Waals surface area contributed by atoms with E-state index in [4.69, 9.17) is 9.68 Å². The van der Waals surface area contributed by atoms with Crippen LogP contribution in [0.1, 0.15) is 0 Å². The van der Waals surface area contributed by atoms with Gasteiger partial charge in [-0.3, -0.25) is 0 Å². The molecule has 0 fully saturated rings. The number of rotatable bonds is 2. The summed E-state index contributed by atoms with van der Waals surface area (Å²) in [6, 6.07) is 10.6. The predicted molar refractivity (Wildman–Crippen MR) is 51.8 cm³/mol. The van der Waals surface area contributed by atoms with Crippen LogP contribution in [0.5, 0.6) is 0 Å². The van der Waals surface area contributed by atoms with Gasteiger partial charge in [0.05, 0.1) is 0 Å². The monoisotopic (exact) mass is 218 g/mol.